The van der Waals surface area contributed by atoms with Crippen molar-refractivity contribution in [3.63, 3.8) is 0 Å². The van der Waals surface area contributed by atoms with Gasteiger partial charge in [-0.1, -0.05) is 20.8 Å². The number of ether oxygens (including phenoxy) is 1. The van der Waals surface area contributed by atoms with Crippen molar-refractivity contribution in [3.05, 3.63) is 0 Å². The van der Waals surface area contributed by atoms with Crippen LogP contribution in [0.2, 0.25) is 0 Å². The van der Waals surface area contributed by atoms with E-state index in [4.69, 9.17) is 9.84 Å². The molecule has 1 aliphatic rings. The number of hydrogen-bond acceptors (Lipinski definition) is 4. The summed E-state index contributed by atoms with van der Waals surface area (Å²) in [5.41, 5.74) is 0. The molecule has 96 valence electrons. The number of aliphatic hydroxyl groups is 1. The summed E-state index contributed by atoms with van der Waals surface area (Å²) in [5, 5.41) is 9.12. The number of morpholine rings is 1. The van der Waals surface area contributed by atoms with Crippen molar-refractivity contribution in [2.24, 2.45) is 0 Å². The highest BCUT2D eigenvalue weighted by molar-refractivity contribution is 8.00. The van der Waals surface area contributed by atoms with E-state index < -0.39 is 0 Å². The number of hydrogen-bond donors (Lipinski definition) is 1. The second-order valence-electron chi connectivity index (χ2n) is 5.47. The predicted octanol–water partition coefficient (Wildman–Crippen LogP) is 1.60. The van der Waals surface area contributed by atoms with Crippen molar-refractivity contribution in [3.8, 4) is 0 Å². The molecule has 1 N–H and O–H groups in total. The van der Waals surface area contributed by atoms with Gasteiger partial charge < -0.3 is 9.84 Å². The Morgan fingerprint density at radius 1 is 1.38 bits per heavy atom. The molecule has 1 saturated heterocycles. The van der Waals surface area contributed by atoms with Gasteiger partial charge in [0.25, 0.3) is 0 Å². The van der Waals surface area contributed by atoms with Crippen molar-refractivity contribution in [2.75, 3.05) is 32.0 Å². The maximum absolute atomic E-state index is 9.12. The number of aliphatic hydroxyl groups excluding tert-OH is 1. The molecule has 0 aromatic rings. The van der Waals surface area contributed by atoms with Crippen LogP contribution in [0.3, 0.4) is 0 Å². The van der Waals surface area contributed by atoms with Gasteiger partial charge in [-0.05, 0) is 6.92 Å². The van der Waals surface area contributed by atoms with Crippen LogP contribution in [0.15, 0.2) is 0 Å². The summed E-state index contributed by atoms with van der Waals surface area (Å²) < 4.78 is 5.96. The molecule has 1 rings (SSSR count). The lowest BCUT2D eigenvalue weighted by atomic mass is 10.2. The van der Waals surface area contributed by atoms with E-state index in [9.17, 15) is 0 Å². The van der Waals surface area contributed by atoms with Gasteiger partial charge in [-0.2, -0.15) is 11.8 Å². The lowest BCUT2D eigenvalue weighted by molar-refractivity contribution is -0.0935. The van der Waals surface area contributed by atoms with Gasteiger partial charge in [0.1, 0.15) is 0 Å². The minimum atomic E-state index is 0.00314. The SMILES string of the molecule is C[C@@H]1CN(CCSC(C)(C)C)C[C@@H](CO)O1. The summed E-state index contributed by atoms with van der Waals surface area (Å²) in [7, 11) is 0. The molecule has 0 saturated carbocycles. The van der Waals surface area contributed by atoms with Gasteiger partial charge in [0, 0.05) is 30.1 Å². The summed E-state index contributed by atoms with van der Waals surface area (Å²) in [6.45, 7) is 11.9. The van der Waals surface area contributed by atoms with Crippen molar-refractivity contribution in [1.82, 2.24) is 4.90 Å². The Labute approximate surface area is 104 Å². The van der Waals surface area contributed by atoms with Crippen LogP contribution in [-0.4, -0.2) is 59.0 Å². The summed E-state index contributed by atoms with van der Waals surface area (Å²) >= 11 is 1.99. The van der Waals surface area contributed by atoms with Crippen LogP contribution in [0.1, 0.15) is 27.7 Å². The highest BCUT2D eigenvalue weighted by atomic mass is 32.2. The molecule has 1 aliphatic heterocycles. The molecular weight excluding hydrogens is 222 g/mol. The zero-order chi connectivity index (χ0) is 12.2. The number of nitrogens with zero attached hydrogens (tertiary/aromatic N) is 1. The van der Waals surface area contributed by atoms with E-state index in [-0.39, 0.29) is 18.8 Å². The molecule has 0 radical (unpaired) electrons. The first kappa shape index (κ1) is 14.3. The normalized spacial score (nSPS) is 28.3. The Bertz CT molecular complexity index is 206. The maximum atomic E-state index is 9.12. The third-order valence-corrected chi connectivity index (χ3v) is 3.80. The second kappa shape index (κ2) is 6.24. The molecule has 0 spiro atoms. The predicted molar refractivity (Wildman–Crippen MR) is 70.1 cm³/mol. The molecule has 0 bridgehead atoms. The minimum absolute atomic E-state index is 0.00314. The van der Waals surface area contributed by atoms with Crippen LogP contribution < -0.4 is 0 Å². The number of thioether (sulfide) groups is 1. The van der Waals surface area contributed by atoms with Crippen molar-refractivity contribution in [2.45, 2.75) is 44.6 Å². The van der Waals surface area contributed by atoms with E-state index in [0.717, 1.165) is 25.4 Å². The first-order valence-corrected chi connectivity index (χ1v) is 7.02. The average molecular weight is 247 g/mol. The fourth-order valence-electron chi connectivity index (χ4n) is 1.90. The summed E-state index contributed by atoms with van der Waals surface area (Å²) in [6, 6.07) is 0. The summed E-state index contributed by atoms with van der Waals surface area (Å²) in [6.07, 6.45) is 0.244. The fraction of sp³-hybridized carbons (Fsp3) is 1.00. The standard InChI is InChI=1S/C12H25NO2S/c1-10-7-13(8-11(9-14)15-10)5-6-16-12(2,3)4/h10-11,14H,5-9H2,1-4H3/t10-,11+/m1/s1. The van der Waals surface area contributed by atoms with E-state index in [1.54, 1.807) is 0 Å². The van der Waals surface area contributed by atoms with Crippen LogP contribution in [-0.2, 0) is 4.74 Å². The lowest BCUT2D eigenvalue weighted by Gasteiger charge is -2.36. The maximum Gasteiger partial charge on any atom is 0.0936 e. The number of rotatable bonds is 4. The van der Waals surface area contributed by atoms with Gasteiger partial charge in [0.2, 0.25) is 0 Å². The van der Waals surface area contributed by atoms with Crippen LogP contribution in [0, 0.1) is 0 Å². The Morgan fingerprint density at radius 3 is 2.62 bits per heavy atom. The van der Waals surface area contributed by atoms with E-state index in [2.05, 4.69) is 32.6 Å². The van der Waals surface area contributed by atoms with Gasteiger partial charge in [-0.3, -0.25) is 4.90 Å². The largest absolute Gasteiger partial charge is 0.394 e. The molecule has 4 heteroatoms. The molecule has 0 aliphatic carbocycles. The van der Waals surface area contributed by atoms with E-state index in [1.165, 1.54) is 0 Å². The zero-order valence-corrected chi connectivity index (χ0v) is 11.7. The molecular formula is C12H25NO2S. The lowest BCUT2D eigenvalue weighted by Crippen LogP contribution is -2.48. The monoisotopic (exact) mass is 247 g/mol. The van der Waals surface area contributed by atoms with E-state index >= 15 is 0 Å². The molecule has 1 heterocycles. The molecule has 3 nitrogen and oxygen atoms in total. The Morgan fingerprint density at radius 2 is 2.06 bits per heavy atom. The van der Waals surface area contributed by atoms with Gasteiger partial charge in [0.05, 0.1) is 18.8 Å². The molecule has 0 aromatic heterocycles. The van der Waals surface area contributed by atoms with Gasteiger partial charge in [-0.25, -0.2) is 0 Å². The van der Waals surface area contributed by atoms with E-state index in [0.29, 0.717) is 4.75 Å². The Kier molecular flexibility index (Phi) is 5.57. The van der Waals surface area contributed by atoms with Crippen molar-refractivity contribution < 1.29 is 9.84 Å². The average Bonchev–Trinajstić information content (AvgIpc) is 2.14. The van der Waals surface area contributed by atoms with Gasteiger partial charge >= 0.3 is 0 Å². The first-order valence-electron chi connectivity index (χ1n) is 6.03. The minimum Gasteiger partial charge on any atom is -0.394 e. The van der Waals surface area contributed by atoms with Gasteiger partial charge in [-0.15, -0.1) is 0 Å². The quantitative estimate of drug-likeness (QED) is 0.818. The van der Waals surface area contributed by atoms with Crippen molar-refractivity contribution >= 4 is 11.8 Å². The molecule has 1 fully saturated rings. The Hall–Kier alpha value is 0.230. The molecule has 2 atom stereocenters. The molecule has 0 unspecified atom stereocenters. The van der Waals surface area contributed by atoms with Crippen molar-refractivity contribution in [1.29, 1.82) is 0 Å². The highest BCUT2D eigenvalue weighted by Gasteiger charge is 2.24. The Balaban J connectivity index is 2.26. The third-order valence-electron chi connectivity index (χ3n) is 2.55. The van der Waals surface area contributed by atoms with Crippen LogP contribution >= 0.6 is 11.8 Å². The van der Waals surface area contributed by atoms with E-state index in [1.807, 2.05) is 11.8 Å². The van der Waals surface area contributed by atoms with Crippen LogP contribution in [0.4, 0.5) is 0 Å². The van der Waals surface area contributed by atoms with Crippen LogP contribution in [0.5, 0.6) is 0 Å². The topological polar surface area (TPSA) is 32.7 Å². The molecule has 0 aromatic carbocycles. The first-order chi connectivity index (χ1) is 7.40. The fourth-order valence-corrected chi connectivity index (χ4v) is 2.87. The summed E-state index contributed by atoms with van der Waals surface area (Å²) in [4.78, 5) is 2.40. The zero-order valence-electron chi connectivity index (χ0n) is 10.9. The molecule has 0 amide bonds. The van der Waals surface area contributed by atoms with Gasteiger partial charge in [0.15, 0.2) is 0 Å². The highest BCUT2D eigenvalue weighted by Crippen LogP contribution is 2.23. The summed E-state index contributed by atoms with van der Waals surface area (Å²) in [5.74, 6) is 1.15. The third kappa shape index (κ3) is 5.53. The molecule has 16 heavy (non-hydrogen) atoms. The smallest absolute Gasteiger partial charge is 0.0936 e. The van der Waals surface area contributed by atoms with Crippen LogP contribution in [0.25, 0.3) is 0 Å². The second-order valence-corrected chi connectivity index (χ2v) is 7.39.